The second-order valence-corrected chi connectivity index (χ2v) is 15.4. The largest absolute Gasteiger partial charge is 0.483 e. The van der Waals surface area contributed by atoms with Crippen molar-refractivity contribution in [2.75, 3.05) is 4.90 Å². The van der Waals surface area contributed by atoms with Crippen LogP contribution in [0.1, 0.15) is 11.5 Å². The minimum absolute atomic E-state index is 0.0569. The SMILES string of the molecule is C1=CC2c3c(cc(-c4cccc5sc6ccccc6c45)c4ccccc34)OC2C(N(c2ccc(-c3ccccc3)cc2)c2ccc(-c3ccccc3)cc2)=C1. The van der Waals surface area contributed by atoms with Crippen molar-refractivity contribution in [3.63, 3.8) is 0 Å². The highest BCUT2D eigenvalue weighted by Gasteiger charge is 2.41. The quantitative estimate of drug-likeness (QED) is 0.169. The summed E-state index contributed by atoms with van der Waals surface area (Å²) in [6, 6.07) is 65.7. The Bertz CT molecular complexity index is 2860. The molecule has 1 aliphatic carbocycles. The highest BCUT2D eigenvalue weighted by molar-refractivity contribution is 7.25. The summed E-state index contributed by atoms with van der Waals surface area (Å²) < 4.78 is 9.84. The first-order valence-electron chi connectivity index (χ1n) is 18.9. The van der Waals surface area contributed by atoms with E-state index in [1.807, 2.05) is 11.3 Å². The van der Waals surface area contributed by atoms with E-state index >= 15 is 0 Å². The lowest BCUT2D eigenvalue weighted by Gasteiger charge is -2.34. The van der Waals surface area contributed by atoms with Crippen LogP contribution in [0.5, 0.6) is 5.75 Å². The van der Waals surface area contributed by atoms with Gasteiger partial charge in [-0.15, -0.1) is 11.3 Å². The predicted octanol–water partition coefficient (Wildman–Crippen LogP) is 14.3. The molecule has 2 unspecified atom stereocenters. The van der Waals surface area contributed by atoms with Crippen molar-refractivity contribution in [3.8, 4) is 39.1 Å². The van der Waals surface area contributed by atoms with Crippen LogP contribution in [-0.2, 0) is 0 Å². The fraction of sp³-hybridized carbons (Fsp3) is 0.0385. The molecule has 11 rings (SSSR count). The van der Waals surface area contributed by atoms with Crippen LogP contribution < -0.4 is 9.64 Å². The van der Waals surface area contributed by atoms with E-state index in [1.54, 1.807) is 0 Å². The molecule has 3 heteroatoms. The van der Waals surface area contributed by atoms with Crippen LogP contribution in [0.4, 0.5) is 11.4 Å². The third kappa shape index (κ3) is 5.31. The Morgan fingerprint density at radius 1 is 0.473 bits per heavy atom. The predicted molar refractivity (Wildman–Crippen MR) is 233 cm³/mol. The van der Waals surface area contributed by atoms with Gasteiger partial charge in [0.25, 0.3) is 0 Å². The number of ether oxygens (including phenoxy) is 1. The molecule has 0 N–H and O–H groups in total. The second kappa shape index (κ2) is 13.0. The Balaban J connectivity index is 1.04. The summed E-state index contributed by atoms with van der Waals surface area (Å²) in [5.74, 6) is 1.01. The number of fused-ring (bicyclic) bond motifs is 8. The lowest BCUT2D eigenvalue weighted by molar-refractivity contribution is 0.253. The van der Waals surface area contributed by atoms with Crippen molar-refractivity contribution in [2.24, 2.45) is 0 Å². The van der Waals surface area contributed by atoms with Crippen LogP contribution >= 0.6 is 11.3 Å². The molecule has 0 amide bonds. The molecule has 260 valence electrons. The van der Waals surface area contributed by atoms with Crippen LogP contribution in [0.3, 0.4) is 0 Å². The van der Waals surface area contributed by atoms with Crippen molar-refractivity contribution in [2.45, 2.75) is 12.0 Å². The number of nitrogens with zero attached hydrogens (tertiary/aromatic N) is 1. The number of thiophene rings is 1. The maximum atomic E-state index is 7.23. The first-order valence-corrected chi connectivity index (χ1v) is 19.7. The van der Waals surface area contributed by atoms with Crippen molar-refractivity contribution in [1.29, 1.82) is 0 Å². The lowest BCUT2D eigenvalue weighted by Crippen LogP contribution is -2.32. The number of benzene rings is 8. The third-order valence-corrected chi connectivity index (χ3v) is 12.4. The zero-order chi connectivity index (χ0) is 36.3. The Kier molecular flexibility index (Phi) is 7.53. The first kappa shape index (κ1) is 31.8. The van der Waals surface area contributed by atoms with Gasteiger partial charge in [-0.05, 0) is 92.7 Å². The molecule has 2 nitrogen and oxygen atoms in total. The van der Waals surface area contributed by atoms with E-state index in [0.717, 1.165) is 22.8 Å². The zero-order valence-electron chi connectivity index (χ0n) is 30.0. The maximum Gasteiger partial charge on any atom is 0.149 e. The minimum atomic E-state index is -0.209. The molecule has 0 spiro atoms. The smallest absolute Gasteiger partial charge is 0.149 e. The summed E-state index contributed by atoms with van der Waals surface area (Å²) in [6.45, 7) is 0. The molecule has 0 saturated carbocycles. The molecule has 0 bridgehead atoms. The molecule has 9 aromatic rings. The van der Waals surface area contributed by atoms with Crippen molar-refractivity contribution in [1.82, 2.24) is 0 Å². The van der Waals surface area contributed by atoms with E-state index in [0.29, 0.717) is 0 Å². The summed E-state index contributed by atoms with van der Waals surface area (Å²) in [7, 11) is 0. The van der Waals surface area contributed by atoms with Crippen molar-refractivity contribution >= 4 is 53.7 Å². The van der Waals surface area contributed by atoms with Crippen LogP contribution in [0, 0.1) is 0 Å². The number of anilines is 2. The van der Waals surface area contributed by atoms with Crippen LogP contribution in [-0.4, -0.2) is 6.10 Å². The van der Waals surface area contributed by atoms with E-state index in [4.69, 9.17) is 4.74 Å². The summed E-state index contributed by atoms with van der Waals surface area (Å²) in [4.78, 5) is 2.39. The van der Waals surface area contributed by atoms with E-state index in [2.05, 4.69) is 205 Å². The van der Waals surface area contributed by atoms with Gasteiger partial charge in [-0.1, -0.05) is 152 Å². The summed E-state index contributed by atoms with van der Waals surface area (Å²) >= 11 is 1.86. The number of allylic oxidation sites excluding steroid dienone is 2. The zero-order valence-corrected chi connectivity index (χ0v) is 30.8. The molecule has 2 aliphatic rings. The molecule has 55 heavy (non-hydrogen) atoms. The van der Waals surface area contributed by atoms with Gasteiger partial charge in [0, 0.05) is 43.0 Å². The highest BCUT2D eigenvalue weighted by atomic mass is 32.1. The Morgan fingerprint density at radius 2 is 1.04 bits per heavy atom. The van der Waals surface area contributed by atoms with E-state index in [-0.39, 0.29) is 12.0 Å². The average molecular weight is 722 g/mol. The monoisotopic (exact) mass is 721 g/mol. The molecule has 0 radical (unpaired) electrons. The molecule has 2 heterocycles. The van der Waals surface area contributed by atoms with Crippen molar-refractivity contribution < 1.29 is 4.74 Å². The van der Waals surface area contributed by atoms with Gasteiger partial charge in [0.15, 0.2) is 0 Å². The molecule has 1 aliphatic heterocycles. The average Bonchev–Trinajstić information content (AvgIpc) is 3.84. The van der Waals surface area contributed by atoms with E-state index in [1.165, 1.54) is 69.9 Å². The molecule has 0 saturated heterocycles. The van der Waals surface area contributed by atoms with Crippen molar-refractivity contribution in [3.05, 3.63) is 211 Å². The van der Waals surface area contributed by atoms with Gasteiger partial charge < -0.3 is 9.64 Å². The Hall–Kier alpha value is -6.68. The molecule has 0 fully saturated rings. The number of hydrogen-bond acceptors (Lipinski definition) is 3. The number of rotatable bonds is 6. The number of hydrogen-bond donors (Lipinski definition) is 0. The fourth-order valence-corrected chi connectivity index (χ4v) is 9.86. The summed E-state index contributed by atoms with van der Waals surface area (Å²) in [6.07, 6.45) is 6.58. The van der Waals surface area contributed by atoms with E-state index in [9.17, 15) is 0 Å². The first-order chi connectivity index (χ1) is 27.3. The lowest BCUT2D eigenvalue weighted by atomic mass is 9.84. The van der Waals surface area contributed by atoms with Gasteiger partial charge in [-0.2, -0.15) is 0 Å². The topological polar surface area (TPSA) is 12.5 Å². The van der Waals surface area contributed by atoms with Gasteiger partial charge >= 0.3 is 0 Å². The highest BCUT2D eigenvalue weighted by Crippen LogP contribution is 2.52. The maximum absolute atomic E-state index is 7.23. The standard InChI is InChI=1S/C52H35NOS/c1-3-13-34(14-4-1)36-25-29-38(30-26-36)53(39-31-27-37(28-32-39)35-15-5-2-6-16-35)46-22-11-21-44-50-41-18-8-7-17-40(41)45(33-47(50)54-52(44)46)42-20-12-24-49-51(42)43-19-9-10-23-48(43)55-49/h1-33,44,52H. The van der Waals surface area contributed by atoms with Gasteiger partial charge in [0.1, 0.15) is 11.9 Å². The molecular formula is C52H35NOS. The van der Waals surface area contributed by atoms with Gasteiger partial charge in [0.2, 0.25) is 0 Å². The van der Waals surface area contributed by atoms with Crippen LogP contribution in [0.25, 0.3) is 64.3 Å². The Labute approximate surface area is 324 Å². The fourth-order valence-electron chi connectivity index (χ4n) is 8.72. The minimum Gasteiger partial charge on any atom is -0.483 e. The molecule has 8 aromatic carbocycles. The van der Waals surface area contributed by atoms with Gasteiger partial charge in [-0.25, -0.2) is 0 Å². The molecule has 1 aromatic heterocycles. The van der Waals surface area contributed by atoms with Gasteiger partial charge in [0.05, 0.1) is 5.70 Å². The van der Waals surface area contributed by atoms with Crippen LogP contribution in [0.2, 0.25) is 0 Å². The normalized spacial score (nSPS) is 15.8. The third-order valence-electron chi connectivity index (χ3n) is 11.3. The molecule has 2 atom stereocenters. The second-order valence-electron chi connectivity index (χ2n) is 14.4. The molecular weight excluding hydrogens is 687 g/mol. The Morgan fingerprint density at radius 3 is 1.71 bits per heavy atom. The van der Waals surface area contributed by atoms with E-state index < -0.39 is 0 Å². The summed E-state index contributed by atoms with van der Waals surface area (Å²) in [5, 5.41) is 5.12. The summed E-state index contributed by atoms with van der Waals surface area (Å²) in [5.41, 5.74) is 11.8. The van der Waals surface area contributed by atoms with Gasteiger partial charge in [-0.3, -0.25) is 0 Å². The van der Waals surface area contributed by atoms with Crippen LogP contribution in [0.15, 0.2) is 206 Å².